The lowest BCUT2D eigenvalue weighted by atomic mass is 10.2. The number of aromatic hydroxyl groups is 1. The number of aromatic nitrogens is 2. The highest BCUT2D eigenvalue weighted by Crippen LogP contribution is 2.20. The number of carboxylic acids is 1. The second kappa shape index (κ2) is 3.69. The van der Waals surface area contributed by atoms with Gasteiger partial charge in [-0.25, -0.2) is 9.48 Å². The Morgan fingerprint density at radius 2 is 1.94 bits per heavy atom. The van der Waals surface area contributed by atoms with Crippen molar-refractivity contribution in [2.75, 3.05) is 0 Å². The van der Waals surface area contributed by atoms with Crippen LogP contribution in [0.1, 0.15) is 16.1 Å². The molecule has 0 saturated heterocycles. The van der Waals surface area contributed by atoms with Crippen LogP contribution in [0.2, 0.25) is 0 Å². The van der Waals surface area contributed by atoms with Crippen LogP contribution in [0.25, 0.3) is 5.69 Å². The molecule has 0 unspecified atom stereocenters. The van der Waals surface area contributed by atoms with Gasteiger partial charge in [0.2, 0.25) is 0 Å². The summed E-state index contributed by atoms with van der Waals surface area (Å²) in [5.41, 5.74) is 1.43. The molecule has 0 spiro atoms. The number of nitrogens with zero attached hydrogens (tertiary/aromatic N) is 2. The third-order valence-electron chi connectivity index (χ3n) is 2.23. The Morgan fingerprint density at radius 1 is 1.31 bits per heavy atom. The molecule has 5 nitrogen and oxygen atoms in total. The van der Waals surface area contributed by atoms with E-state index in [-0.39, 0.29) is 11.4 Å². The maximum Gasteiger partial charge on any atom is 0.358 e. The lowest BCUT2D eigenvalue weighted by molar-refractivity contribution is 0.0684. The van der Waals surface area contributed by atoms with Crippen LogP contribution in [0.3, 0.4) is 0 Å². The number of hydrogen-bond donors (Lipinski definition) is 2. The van der Waals surface area contributed by atoms with Crippen molar-refractivity contribution in [3.63, 3.8) is 0 Å². The summed E-state index contributed by atoms with van der Waals surface area (Å²) in [5.74, 6) is -1.55. The van der Waals surface area contributed by atoms with Crippen molar-refractivity contribution in [3.8, 4) is 11.4 Å². The lowest BCUT2D eigenvalue weighted by Crippen LogP contribution is -2.08. The Hall–Kier alpha value is -2.30. The summed E-state index contributed by atoms with van der Waals surface area (Å²) < 4.78 is 1.19. The maximum absolute atomic E-state index is 10.9. The molecule has 0 aliphatic carbocycles. The Balaban J connectivity index is 2.56. The van der Waals surface area contributed by atoms with Crippen molar-refractivity contribution in [1.29, 1.82) is 0 Å². The summed E-state index contributed by atoms with van der Waals surface area (Å²) in [7, 11) is 0. The van der Waals surface area contributed by atoms with Crippen LogP contribution in [0, 0.1) is 6.92 Å². The van der Waals surface area contributed by atoms with Crippen molar-refractivity contribution in [3.05, 3.63) is 41.7 Å². The van der Waals surface area contributed by atoms with Gasteiger partial charge in [0.25, 0.3) is 0 Å². The second-order valence-corrected chi connectivity index (χ2v) is 3.43. The van der Waals surface area contributed by atoms with Gasteiger partial charge in [-0.3, -0.25) is 0 Å². The first-order valence-electron chi connectivity index (χ1n) is 4.67. The minimum Gasteiger partial charge on any atom is -0.504 e. The molecule has 1 aromatic heterocycles. The fourth-order valence-electron chi connectivity index (χ4n) is 1.42. The molecule has 5 heteroatoms. The second-order valence-electron chi connectivity index (χ2n) is 3.43. The number of benzene rings is 1. The van der Waals surface area contributed by atoms with Crippen LogP contribution < -0.4 is 0 Å². The Labute approximate surface area is 91.6 Å². The van der Waals surface area contributed by atoms with Gasteiger partial charge in [0.1, 0.15) is 0 Å². The van der Waals surface area contributed by atoms with Crippen molar-refractivity contribution in [2.45, 2.75) is 6.92 Å². The van der Waals surface area contributed by atoms with Gasteiger partial charge in [0, 0.05) is 0 Å². The van der Waals surface area contributed by atoms with Crippen LogP contribution in [-0.2, 0) is 0 Å². The summed E-state index contributed by atoms with van der Waals surface area (Å²) in [6.07, 6.45) is 1.11. The summed E-state index contributed by atoms with van der Waals surface area (Å²) in [5, 5.41) is 22.1. The van der Waals surface area contributed by atoms with E-state index in [2.05, 4.69) is 5.10 Å². The van der Waals surface area contributed by atoms with Gasteiger partial charge < -0.3 is 10.2 Å². The largest absolute Gasteiger partial charge is 0.504 e. The van der Waals surface area contributed by atoms with E-state index in [1.165, 1.54) is 4.68 Å². The van der Waals surface area contributed by atoms with Gasteiger partial charge in [-0.05, 0) is 19.1 Å². The minimum absolute atomic E-state index is 0.233. The number of carboxylic acid groups (broad SMARTS) is 1. The molecule has 0 amide bonds. The summed E-state index contributed by atoms with van der Waals surface area (Å²) in [4.78, 5) is 10.9. The van der Waals surface area contributed by atoms with Gasteiger partial charge in [0.15, 0.2) is 11.4 Å². The molecule has 0 fully saturated rings. The number of hydrogen-bond acceptors (Lipinski definition) is 3. The predicted molar refractivity (Wildman–Crippen MR) is 56.9 cm³/mol. The standard InChI is InChI=1S/C11H10N2O3/c1-7-2-4-8(5-3-7)13-10(11(15)16)9(14)6-12-13/h2-6,14H,1H3,(H,15,16). The molecule has 0 saturated carbocycles. The van der Waals surface area contributed by atoms with Gasteiger partial charge >= 0.3 is 5.97 Å². The maximum atomic E-state index is 10.9. The quantitative estimate of drug-likeness (QED) is 0.802. The monoisotopic (exact) mass is 218 g/mol. The van der Waals surface area contributed by atoms with E-state index in [1.807, 2.05) is 19.1 Å². The Kier molecular flexibility index (Phi) is 2.36. The highest BCUT2D eigenvalue weighted by molar-refractivity contribution is 5.89. The molecule has 0 atom stereocenters. The van der Waals surface area contributed by atoms with Crippen LogP contribution in [-0.4, -0.2) is 26.0 Å². The third kappa shape index (κ3) is 1.63. The zero-order valence-electron chi connectivity index (χ0n) is 8.58. The normalized spacial score (nSPS) is 10.3. The first-order chi connectivity index (χ1) is 7.59. The smallest absolute Gasteiger partial charge is 0.358 e. The number of carbonyl (C=O) groups is 1. The molecule has 2 N–H and O–H groups in total. The van der Waals surface area contributed by atoms with Gasteiger partial charge in [-0.2, -0.15) is 5.10 Å². The molecule has 2 aromatic rings. The molecular formula is C11H10N2O3. The van der Waals surface area contributed by atoms with E-state index in [9.17, 15) is 9.90 Å². The average molecular weight is 218 g/mol. The van der Waals surface area contributed by atoms with Crippen LogP contribution >= 0.6 is 0 Å². The SMILES string of the molecule is Cc1ccc(-n2ncc(O)c2C(=O)O)cc1. The fourth-order valence-corrected chi connectivity index (χ4v) is 1.42. The molecule has 0 bridgehead atoms. The van der Waals surface area contributed by atoms with E-state index in [0.29, 0.717) is 5.69 Å². The average Bonchev–Trinajstić information content (AvgIpc) is 2.61. The molecule has 0 aliphatic heterocycles. The number of aryl methyl sites for hydroxylation is 1. The fraction of sp³-hybridized carbons (Fsp3) is 0.0909. The molecule has 1 aromatic carbocycles. The van der Waals surface area contributed by atoms with Crippen molar-refractivity contribution < 1.29 is 15.0 Å². The predicted octanol–water partition coefficient (Wildman–Crippen LogP) is 1.58. The lowest BCUT2D eigenvalue weighted by Gasteiger charge is -2.04. The van der Waals surface area contributed by atoms with Gasteiger partial charge in [0.05, 0.1) is 11.9 Å². The zero-order valence-corrected chi connectivity index (χ0v) is 8.58. The van der Waals surface area contributed by atoms with E-state index < -0.39 is 5.97 Å². The number of rotatable bonds is 2. The summed E-state index contributed by atoms with van der Waals surface area (Å²) in [6.45, 7) is 1.93. The molecule has 16 heavy (non-hydrogen) atoms. The highest BCUT2D eigenvalue weighted by Gasteiger charge is 2.18. The van der Waals surface area contributed by atoms with Gasteiger partial charge in [-0.1, -0.05) is 17.7 Å². The van der Waals surface area contributed by atoms with Gasteiger partial charge in [-0.15, -0.1) is 0 Å². The topological polar surface area (TPSA) is 75.3 Å². The zero-order chi connectivity index (χ0) is 11.7. The van der Waals surface area contributed by atoms with E-state index in [1.54, 1.807) is 12.1 Å². The molecule has 0 aliphatic rings. The van der Waals surface area contributed by atoms with E-state index in [4.69, 9.17) is 5.11 Å². The minimum atomic E-state index is -1.21. The van der Waals surface area contributed by atoms with Crippen molar-refractivity contribution in [2.24, 2.45) is 0 Å². The Bertz CT molecular complexity index is 529. The van der Waals surface area contributed by atoms with Crippen LogP contribution in [0.15, 0.2) is 30.5 Å². The van der Waals surface area contributed by atoms with Crippen LogP contribution in [0.5, 0.6) is 5.75 Å². The molecule has 82 valence electrons. The van der Waals surface area contributed by atoms with E-state index >= 15 is 0 Å². The first kappa shape index (κ1) is 10.2. The third-order valence-corrected chi connectivity index (χ3v) is 2.23. The van der Waals surface area contributed by atoms with E-state index in [0.717, 1.165) is 11.8 Å². The summed E-state index contributed by atoms with van der Waals surface area (Å²) >= 11 is 0. The molecule has 1 heterocycles. The van der Waals surface area contributed by atoms with Crippen LogP contribution in [0.4, 0.5) is 0 Å². The number of aromatic carboxylic acids is 1. The summed E-state index contributed by atoms with van der Waals surface area (Å²) in [6, 6.07) is 7.18. The molecule has 2 rings (SSSR count). The van der Waals surface area contributed by atoms with Crippen molar-refractivity contribution >= 4 is 5.97 Å². The van der Waals surface area contributed by atoms with Crippen molar-refractivity contribution in [1.82, 2.24) is 9.78 Å². The molecule has 0 radical (unpaired) electrons. The highest BCUT2D eigenvalue weighted by atomic mass is 16.4. The Morgan fingerprint density at radius 3 is 2.50 bits per heavy atom. The molecular weight excluding hydrogens is 208 g/mol. The first-order valence-corrected chi connectivity index (χ1v) is 4.67.